The van der Waals surface area contributed by atoms with Crippen molar-refractivity contribution in [2.24, 2.45) is 7.05 Å². The maximum Gasteiger partial charge on any atom is 0.0669 e. The topological polar surface area (TPSA) is 29.9 Å². The highest BCUT2D eigenvalue weighted by molar-refractivity contribution is 5.31. The lowest BCUT2D eigenvalue weighted by atomic mass is 9.88. The van der Waals surface area contributed by atoms with Crippen molar-refractivity contribution in [3.63, 3.8) is 0 Å². The third-order valence-corrected chi connectivity index (χ3v) is 4.06. The van der Waals surface area contributed by atoms with E-state index in [9.17, 15) is 0 Å². The van der Waals surface area contributed by atoms with Crippen molar-refractivity contribution in [1.82, 2.24) is 15.1 Å². The van der Waals surface area contributed by atoms with E-state index < -0.39 is 0 Å². The average Bonchev–Trinajstić information content (AvgIpc) is 3.05. The largest absolute Gasteiger partial charge is 0.309 e. The van der Waals surface area contributed by atoms with Gasteiger partial charge < -0.3 is 5.32 Å². The molecule has 1 saturated heterocycles. The molecule has 0 radical (unpaired) electrons. The molecule has 0 aliphatic carbocycles. The summed E-state index contributed by atoms with van der Waals surface area (Å²) in [5.74, 6) is 0.565. The number of aryl methyl sites for hydroxylation is 2. The van der Waals surface area contributed by atoms with Crippen LogP contribution in [0, 0.1) is 0 Å². The zero-order chi connectivity index (χ0) is 13.2. The minimum Gasteiger partial charge on any atom is -0.309 e. The zero-order valence-corrected chi connectivity index (χ0v) is 11.6. The second-order valence-corrected chi connectivity index (χ2v) is 5.30. The number of hydrogen-bond acceptors (Lipinski definition) is 2. The number of rotatable bonds is 3. The molecule has 19 heavy (non-hydrogen) atoms. The number of benzene rings is 1. The molecule has 1 aliphatic rings. The smallest absolute Gasteiger partial charge is 0.0669 e. The highest BCUT2D eigenvalue weighted by Crippen LogP contribution is 2.38. The summed E-state index contributed by atoms with van der Waals surface area (Å²) in [4.78, 5) is 0. The fourth-order valence-electron chi connectivity index (χ4n) is 3.18. The molecule has 1 N–H and O–H groups in total. The van der Waals surface area contributed by atoms with Crippen LogP contribution in [0.1, 0.15) is 42.1 Å². The van der Waals surface area contributed by atoms with Gasteiger partial charge in [0.15, 0.2) is 0 Å². The molecule has 100 valence electrons. The first-order valence-corrected chi connectivity index (χ1v) is 7.10. The highest BCUT2D eigenvalue weighted by Gasteiger charge is 2.31. The van der Waals surface area contributed by atoms with Crippen LogP contribution in [0.3, 0.4) is 0 Å². The number of hydrogen-bond donors (Lipinski definition) is 1. The Morgan fingerprint density at radius 2 is 2.11 bits per heavy atom. The van der Waals surface area contributed by atoms with Crippen molar-refractivity contribution >= 4 is 0 Å². The van der Waals surface area contributed by atoms with E-state index in [1.54, 1.807) is 0 Å². The fourth-order valence-corrected chi connectivity index (χ4v) is 3.18. The average molecular weight is 255 g/mol. The van der Waals surface area contributed by atoms with E-state index in [2.05, 4.69) is 53.9 Å². The van der Waals surface area contributed by atoms with Crippen LogP contribution >= 0.6 is 0 Å². The zero-order valence-electron chi connectivity index (χ0n) is 11.6. The molecule has 3 heteroatoms. The Morgan fingerprint density at radius 3 is 2.84 bits per heavy atom. The van der Waals surface area contributed by atoms with Gasteiger partial charge in [0.2, 0.25) is 0 Å². The Kier molecular flexibility index (Phi) is 3.38. The van der Waals surface area contributed by atoms with Gasteiger partial charge in [0, 0.05) is 30.8 Å². The molecule has 3 rings (SSSR count). The summed E-state index contributed by atoms with van der Waals surface area (Å²) in [6.07, 6.45) is 4.38. The van der Waals surface area contributed by atoms with E-state index in [0.717, 1.165) is 13.0 Å². The van der Waals surface area contributed by atoms with Crippen LogP contribution in [0.15, 0.2) is 36.5 Å². The quantitative estimate of drug-likeness (QED) is 0.914. The third kappa shape index (κ3) is 2.30. The van der Waals surface area contributed by atoms with Gasteiger partial charge in [-0.15, -0.1) is 0 Å². The first-order valence-electron chi connectivity index (χ1n) is 7.10. The summed E-state index contributed by atoms with van der Waals surface area (Å²) in [6, 6.07) is 11.2. The van der Waals surface area contributed by atoms with Crippen LogP contribution in [0.5, 0.6) is 0 Å². The van der Waals surface area contributed by atoms with Crippen LogP contribution in [0.2, 0.25) is 0 Å². The summed E-state index contributed by atoms with van der Waals surface area (Å²) in [6.45, 7) is 3.26. The first-order chi connectivity index (χ1) is 9.29. The summed E-state index contributed by atoms with van der Waals surface area (Å²) < 4.78 is 1.94. The maximum absolute atomic E-state index is 4.58. The molecule has 0 spiro atoms. The van der Waals surface area contributed by atoms with Crippen molar-refractivity contribution < 1.29 is 0 Å². The lowest BCUT2D eigenvalue weighted by molar-refractivity contribution is 0.573. The molecular weight excluding hydrogens is 234 g/mol. The van der Waals surface area contributed by atoms with Crippen LogP contribution in [0.25, 0.3) is 0 Å². The standard InChI is InChI=1S/C16H21N3/c1-3-15-14(11-19(2)18-15)16-13(9-10-17-16)12-7-5-4-6-8-12/h4-8,11,13,16-17H,3,9-10H2,1-2H3. The number of nitrogens with one attached hydrogen (secondary N) is 1. The van der Waals surface area contributed by atoms with Gasteiger partial charge in [-0.25, -0.2) is 0 Å². The summed E-state index contributed by atoms with van der Waals surface area (Å²) in [7, 11) is 2.01. The monoisotopic (exact) mass is 255 g/mol. The van der Waals surface area contributed by atoms with Gasteiger partial charge in [-0.2, -0.15) is 5.10 Å². The molecule has 0 saturated carbocycles. The van der Waals surface area contributed by atoms with Crippen LogP contribution in [0.4, 0.5) is 0 Å². The van der Waals surface area contributed by atoms with Gasteiger partial charge >= 0.3 is 0 Å². The molecule has 1 aromatic heterocycles. The Hall–Kier alpha value is -1.61. The van der Waals surface area contributed by atoms with E-state index in [0.29, 0.717) is 12.0 Å². The van der Waals surface area contributed by atoms with Crippen molar-refractivity contribution in [3.05, 3.63) is 53.3 Å². The van der Waals surface area contributed by atoms with Gasteiger partial charge in [0.25, 0.3) is 0 Å². The van der Waals surface area contributed by atoms with Crippen molar-refractivity contribution in [1.29, 1.82) is 0 Å². The molecule has 1 aromatic carbocycles. The van der Waals surface area contributed by atoms with Crippen molar-refractivity contribution in [2.45, 2.75) is 31.7 Å². The van der Waals surface area contributed by atoms with Gasteiger partial charge in [0.1, 0.15) is 0 Å². The second kappa shape index (κ2) is 5.17. The normalized spacial score (nSPS) is 22.8. The molecule has 2 unspecified atom stereocenters. The van der Waals surface area contributed by atoms with E-state index in [1.807, 2.05) is 11.7 Å². The minimum atomic E-state index is 0.408. The summed E-state index contributed by atoms with van der Waals surface area (Å²) >= 11 is 0. The summed E-state index contributed by atoms with van der Waals surface area (Å²) in [5, 5.41) is 8.23. The van der Waals surface area contributed by atoms with Gasteiger partial charge in [0.05, 0.1) is 5.69 Å². The van der Waals surface area contributed by atoms with E-state index in [4.69, 9.17) is 0 Å². The van der Waals surface area contributed by atoms with E-state index in [1.165, 1.54) is 23.2 Å². The Bertz CT molecular complexity index is 544. The molecule has 2 atom stereocenters. The molecular formula is C16H21N3. The predicted octanol–water partition coefficient (Wildman–Crippen LogP) is 2.80. The maximum atomic E-state index is 4.58. The molecule has 0 bridgehead atoms. The first kappa shape index (κ1) is 12.4. The SMILES string of the molecule is CCc1nn(C)cc1C1NCCC1c1ccccc1. The number of nitrogens with zero attached hydrogens (tertiary/aromatic N) is 2. The molecule has 2 heterocycles. The second-order valence-electron chi connectivity index (χ2n) is 5.30. The van der Waals surface area contributed by atoms with Crippen molar-refractivity contribution in [2.75, 3.05) is 6.54 Å². The molecule has 3 nitrogen and oxygen atoms in total. The van der Waals surface area contributed by atoms with Crippen LogP contribution < -0.4 is 5.32 Å². The Morgan fingerprint density at radius 1 is 1.32 bits per heavy atom. The number of aromatic nitrogens is 2. The lowest BCUT2D eigenvalue weighted by Gasteiger charge is -2.20. The van der Waals surface area contributed by atoms with E-state index >= 15 is 0 Å². The third-order valence-electron chi connectivity index (χ3n) is 4.06. The predicted molar refractivity (Wildman–Crippen MR) is 77.1 cm³/mol. The van der Waals surface area contributed by atoms with Crippen LogP contribution in [-0.2, 0) is 13.5 Å². The summed E-state index contributed by atoms with van der Waals surface area (Å²) in [5.41, 5.74) is 4.03. The van der Waals surface area contributed by atoms with Gasteiger partial charge in [-0.1, -0.05) is 37.3 Å². The van der Waals surface area contributed by atoms with Crippen LogP contribution in [-0.4, -0.2) is 16.3 Å². The molecule has 1 aliphatic heterocycles. The molecule has 2 aromatic rings. The molecule has 0 amide bonds. The minimum absolute atomic E-state index is 0.408. The van der Waals surface area contributed by atoms with Crippen molar-refractivity contribution in [3.8, 4) is 0 Å². The van der Waals surface area contributed by atoms with Gasteiger partial charge in [-0.3, -0.25) is 4.68 Å². The van der Waals surface area contributed by atoms with Gasteiger partial charge in [-0.05, 0) is 24.9 Å². The Balaban J connectivity index is 1.95. The lowest BCUT2D eigenvalue weighted by Crippen LogP contribution is -2.17. The van der Waals surface area contributed by atoms with E-state index in [-0.39, 0.29) is 0 Å². The fraction of sp³-hybridized carbons (Fsp3) is 0.438. The Labute approximate surface area is 114 Å². The highest BCUT2D eigenvalue weighted by atomic mass is 15.3. The molecule has 1 fully saturated rings.